The predicted molar refractivity (Wildman–Crippen MR) is 53.8 cm³/mol. The van der Waals surface area contributed by atoms with Crippen LogP contribution in [-0.4, -0.2) is 0 Å². The Balaban J connectivity index is 2.84. The van der Waals surface area contributed by atoms with Gasteiger partial charge in [0.1, 0.15) is 0 Å². The van der Waals surface area contributed by atoms with E-state index >= 15 is 0 Å². The standard InChI is InChI=1S/C8H10BrNS/c1-5(2)8(10)7-3-6(9)4-11-7/h3-4,8H,1,10H2,2H3. The zero-order valence-corrected chi connectivity index (χ0v) is 8.71. The first-order chi connectivity index (χ1) is 5.11. The third-order valence-corrected chi connectivity index (χ3v) is 3.20. The minimum atomic E-state index is -0.00806. The summed E-state index contributed by atoms with van der Waals surface area (Å²) in [5.74, 6) is 0. The normalized spacial score (nSPS) is 13.0. The highest BCUT2D eigenvalue weighted by Gasteiger charge is 2.07. The Morgan fingerprint density at radius 1 is 1.82 bits per heavy atom. The first kappa shape index (κ1) is 8.97. The van der Waals surface area contributed by atoms with E-state index in [1.54, 1.807) is 11.3 Å². The van der Waals surface area contributed by atoms with Gasteiger partial charge in [-0.05, 0) is 28.9 Å². The summed E-state index contributed by atoms with van der Waals surface area (Å²) < 4.78 is 1.09. The van der Waals surface area contributed by atoms with E-state index in [1.165, 1.54) is 0 Å². The maximum atomic E-state index is 5.84. The zero-order chi connectivity index (χ0) is 8.43. The fourth-order valence-electron chi connectivity index (χ4n) is 0.734. The maximum Gasteiger partial charge on any atom is 0.0600 e. The van der Waals surface area contributed by atoms with Gasteiger partial charge in [0.25, 0.3) is 0 Å². The molecule has 60 valence electrons. The Labute approximate surface area is 79.0 Å². The highest BCUT2D eigenvalue weighted by atomic mass is 79.9. The van der Waals surface area contributed by atoms with Crippen LogP contribution in [0.2, 0.25) is 0 Å². The molecule has 3 heteroatoms. The molecule has 0 amide bonds. The topological polar surface area (TPSA) is 26.0 Å². The Morgan fingerprint density at radius 2 is 2.45 bits per heavy atom. The third-order valence-electron chi connectivity index (χ3n) is 1.43. The highest BCUT2D eigenvalue weighted by Crippen LogP contribution is 2.27. The molecule has 0 saturated heterocycles. The molecule has 0 radical (unpaired) electrons. The molecular formula is C8H10BrNS. The zero-order valence-electron chi connectivity index (χ0n) is 6.30. The van der Waals surface area contributed by atoms with Crippen LogP contribution >= 0.6 is 27.3 Å². The van der Waals surface area contributed by atoms with Gasteiger partial charge in [-0.25, -0.2) is 0 Å². The van der Waals surface area contributed by atoms with Crippen molar-refractivity contribution in [3.8, 4) is 0 Å². The van der Waals surface area contributed by atoms with Gasteiger partial charge in [-0.1, -0.05) is 12.2 Å². The first-order valence-electron chi connectivity index (χ1n) is 3.26. The molecule has 0 spiro atoms. The second-order valence-electron chi connectivity index (χ2n) is 2.49. The van der Waals surface area contributed by atoms with Crippen LogP contribution in [0.4, 0.5) is 0 Å². The summed E-state index contributed by atoms with van der Waals surface area (Å²) >= 11 is 5.03. The molecule has 0 aliphatic heterocycles. The molecule has 1 heterocycles. The molecule has 1 aromatic rings. The van der Waals surface area contributed by atoms with Crippen LogP contribution in [0, 0.1) is 0 Å². The van der Waals surface area contributed by atoms with Crippen LogP contribution in [0.15, 0.2) is 28.1 Å². The fraction of sp³-hybridized carbons (Fsp3) is 0.250. The van der Waals surface area contributed by atoms with Gasteiger partial charge in [-0.3, -0.25) is 0 Å². The third kappa shape index (κ3) is 2.15. The van der Waals surface area contributed by atoms with Crippen LogP contribution in [0.25, 0.3) is 0 Å². The molecule has 1 unspecified atom stereocenters. The molecule has 1 aromatic heterocycles. The van der Waals surface area contributed by atoms with Crippen molar-refractivity contribution < 1.29 is 0 Å². The SMILES string of the molecule is C=C(C)C(N)c1cc(Br)cs1. The lowest BCUT2D eigenvalue weighted by Crippen LogP contribution is -2.08. The van der Waals surface area contributed by atoms with Crippen molar-refractivity contribution in [1.82, 2.24) is 0 Å². The average molecular weight is 232 g/mol. The minimum Gasteiger partial charge on any atom is -0.320 e. The van der Waals surface area contributed by atoms with E-state index in [2.05, 4.69) is 22.5 Å². The molecule has 0 aliphatic rings. The van der Waals surface area contributed by atoms with Gasteiger partial charge in [0.15, 0.2) is 0 Å². The van der Waals surface area contributed by atoms with E-state index < -0.39 is 0 Å². The van der Waals surface area contributed by atoms with Gasteiger partial charge in [0.2, 0.25) is 0 Å². The fourth-order valence-corrected chi connectivity index (χ4v) is 2.27. The monoisotopic (exact) mass is 231 g/mol. The maximum absolute atomic E-state index is 5.84. The average Bonchev–Trinajstić information content (AvgIpc) is 2.34. The summed E-state index contributed by atoms with van der Waals surface area (Å²) in [7, 11) is 0. The molecule has 0 aliphatic carbocycles. The van der Waals surface area contributed by atoms with Crippen molar-refractivity contribution in [2.45, 2.75) is 13.0 Å². The van der Waals surface area contributed by atoms with Crippen LogP contribution in [0.5, 0.6) is 0 Å². The van der Waals surface area contributed by atoms with E-state index in [-0.39, 0.29) is 6.04 Å². The van der Waals surface area contributed by atoms with Gasteiger partial charge >= 0.3 is 0 Å². The smallest absolute Gasteiger partial charge is 0.0600 e. The summed E-state index contributed by atoms with van der Waals surface area (Å²) in [5.41, 5.74) is 6.84. The largest absolute Gasteiger partial charge is 0.320 e. The number of halogens is 1. The van der Waals surface area contributed by atoms with Gasteiger partial charge in [-0.2, -0.15) is 0 Å². The van der Waals surface area contributed by atoms with Crippen LogP contribution in [-0.2, 0) is 0 Å². The molecule has 11 heavy (non-hydrogen) atoms. The van der Waals surface area contributed by atoms with Crippen molar-refractivity contribution in [1.29, 1.82) is 0 Å². The molecule has 1 rings (SSSR count). The van der Waals surface area contributed by atoms with E-state index in [1.807, 2.05) is 18.4 Å². The van der Waals surface area contributed by atoms with Gasteiger partial charge in [0.05, 0.1) is 6.04 Å². The van der Waals surface area contributed by atoms with E-state index in [4.69, 9.17) is 5.73 Å². The highest BCUT2D eigenvalue weighted by molar-refractivity contribution is 9.10. The summed E-state index contributed by atoms with van der Waals surface area (Å²) in [4.78, 5) is 1.16. The lowest BCUT2D eigenvalue weighted by Gasteiger charge is -2.06. The number of nitrogens with two attached hydrogens (primary N) is 1. The second kappa shape index (κ2) is 3.52. The molecule has 0 aromatic carbocycles. The Kier molecular flexibility index (Phi) is 2.87. The lowest BCUT2D eigenvalue weighted by molar-refractivity contribution is 0.871. The molecule has 1 atom stereocenters. The molecule has 0 bridgehead atoms. The lowest BCUT2D eigenvalue weighted by atomic mass is 10.1. The number of hydrogen-bond acceptors (Lipinski definition) is 2. The van der Waals surface area contributed by atoms with Crippen LogP contribution < -0.4 is 5.73 Å². The quantitative estimate of drug-likeness (QED) is 0.779. The predicted octanol–water partition coefficient (Wildman–Crippen LogP) is 3.09. The van der Waals surface area contributed by atoms with Crippen molar-refractivity contribution >= 4 is 27.3 Å². The van der Waals surface area contributed by atoms with Crippen LogP contribution in [0.3, 0.4) is 0 Å². The van der Waals surface area contributed by atoms with Crippen molar-refractivity contribution in [3.63, 3.8) is 0 Å². The minimum absolute atomic E-state index is 0.00806. The summed E-state index contributed by atoms with van der Waals surface area (Å²) in [5, 5.41) is 2.03. The second-order valence-corrected chi connectivity index (χ2v) is 4.35. The van der Waals surface area contributed by atoms with E-state index in [0.717, 1.165) is 14.9 Å². The first-order valence-corrected chi connectivity index (χ1v) is 4.93. The van der Waals surface area contributed by atoms with Crippen molar-refractivity contribution in [2.24, 2.45) is 5.73 Å². The van der Waals surface area contributed by atoms with Gasteiger partial charge < -0.3 is 5.73 Å². The Hall–Kier alpha value is -0.120. The Bertz CT molecular complexity index is 267. The summed E-state index contributed by atoms with van der Waals surface area (Å²) in [6.07, 6.45) is 0. The van der Waals surface area contributed by atoms with E-state index in [0.29, 0.717) is 0 Å². The van der Waals surface area contributed by atoms with Gasteiger partial charge in [0, 0.05) is 14.7 Å². The number of rotatable bonds is 2. The molecule has 2 N–H and O–H groups in total. The van der Waals surface area contributed by atoms with Gasteiger partial charge in [-0.15, -0.1) is 11.3 Å². The molecule has 1 nitrogen and oxygen atoms in total. The van der Waals surface area contributed by atoms with Crippen molar-refractivity contribution in [2.75, 3.05) is 0 Å². The van der Waals surface area contributed by atoms with Crippen LogP contribution in [0.1, 0.15) is 17.8 Å². The summed E-state index contributed by atoms with van der Waals surface area (Å²) in [6, 6.07) is 2.02. The molecule has 0 fully saturated rings. The van der Waals surface area contributed by atoms with Crippen molar-refractivity contribution in [3.05, 3.63) is 32.9 Å². The van der Waals surface area contributed by atoms with E-state index in [9.17, 15) is 0 Å². The Morgan fingerprint density at radius 3 is 2.82 bits per heavy atom. The summed E-state index contributed by atoms with van der Waals surface area (Å²) in [6.45, 7) is 5.75. The number of thiophene rings is 1. The number of hydrogen-bond donors (Lipinski definition) is 1. The molecular weight excluding hydrogens is 222 g/mol. The molecule has 0 saturated carbocycles.